The number of carbonyl (C=O) groups is 1. The first kappa shape index (κ1) is 17.0. The highest BCUT2D eigenvalue weighted by Crippen LogP contribution is 2.13. The number of rotatable bonds is 8. The van der Waals surface area contributed by atoms with Gasteiger partial charge in [0.05, 0.1) is 11.6 Å². The van der Waals surface area contributed by atoms with E-state index < -0.39 is 6.10 Å². The lowest BCUT2D eigenvalue weighted by Crippen LogP contribution is -2.40. The maximum Gasteiger partial charge on any atom is 0.260 e. The molecule has 0 aromatic heterocycles. The molecule has 1 rings (SSSR count). The molecular weight excluding hydrogens is 266 g/mol. The van der Waals surface area contributed by atoms with Gasteiger partial charge < -0.3 is 15.0 Å². The van der Waals surface area contributed by atoms with Crippen molar-refractivity contribution in [3.8, 4) is 11.8 Å². The molecule has 1 N–H and O–H groups in total. The number of hydrogen-bond acceptors (Lipinski definition) is 4. The Kier molecular flexibility index (Phi) is 7.27. The lowest BCUT2D eigenvalue weighted by Gasteiger charge is -2.19. The van der Waals surface area contributed by atoms with Crippen LogP contribution in [0.3, 0.4) is 0 Å². The van der Waals surface area contributed by atoms with E-state index in [0.717, 1.165) is 19.6 Å². The minimum Gasteiger partial charge on any atom is -0.481 e. The quantitative estimate of drug-likeness (QED) is 0.792. The Morgan fingerprint density at radius 1 is 1.33 bits per heavy atom. The molecule has 21 heavy (non-hydrogen) atoms. The number of ether oxygens (including phenoxy) is 1. The maximum atomic E-state index is 11.9. The van der Waals surface area contributed by atoms with Crippen LogP contribution >= 0.6 is 0 Å². The monoisotopic (exact) mass is 289 g/mol. The lowest BCUT2D eigenvalue weighted by molar-refractivity contribution is -0.127. The summed E-state index contributed by atoms with van der Waals surface area (Å²) < 4.78 is 5.55. The Bertz CT molecular complexity index is 475. The molecule has 1 aromatic carbocycles. The van der Waals surface area contributed by atoms with Crippen LogP contribution in [0.5, 0.6) is 5.75 Å². The molecule has 1 unspecified atom stereocenters. The molecule has 0 aliphatic carbocycles. The number of nitrogens with zero attached hydrogens (tertiary/aromatic N) is 2. The molecule has 0 radical (unpaired) electrons. The fourth-order valence-corrected chi connectivity index (χ4v) is 1.89. The predicted molar refractivity (Wildman–Crippen MR) is 82.0 cm³/mol. The Morgan fingerprint density at radius 2 is 1.95 bits per heavy atom. The van der Waals surface area contributed by atoms with Gasteiger partial charge in [-0.2, -0.15) is 5.26 Å². The standard InChI is InChI=1S/C16H23N3O2/c1-4-19(5-2)11-10-18-16(20)13(3)21-15-8-6-14(12-17)7-9-15/h6-9,13H,4-5,10-11H2,1-3H3,(H,18,20). The predicted octanol–water partition coefficient (Wildman–Crippen LogP) is 1.78. The van der Waals surface area contributed by atoms with Crippen molar-refractivity contribution in [2.75, 3.05) is 26.2 Å². The third-order valence-corrected chi connectivity index (χ3v) is 3.29. The molecular formula is C16H23N3O2. The van der Waals surface area contributed by atoms with Crippen LogP contribution in [0.15, 0.2) is 24.3 Å². The summed E-state index contributed by atoms with van der Waals surface area (Å²) in [6, 6.07) is 8.76. The second-order valence-corrected chi connectivity index (χ2v) is 4.71. The van der Waals surface area contributed by atoms with Crippen LogP contribution in [0.25, 0.3) is 0 Å². The van der Waals surface area contributed by atoms with Gasteiger partial charge in [-0.3, -0.25) is 4.79 Å². The van der Waals surface area contributed by atoms with Crippen molar-refractivity contribution in [1.82, 2.24) is 10.2 Å². The van der Waals surface area contributed by atoms with Crippen molar-refractivity contribution in [2.45, 2.75) is 26.9 Å². The van der Waals surface area contributed by atoms with Crippen molar-refractivity contribution in [3.63, 3.8) is 0 Å². The zero-order valence-electron chi connectivity index (χ0n) is 12.9. The van der Waals surface area contributed by atoms with Gasteiger partial charge in [-0.05, 0) is 44.3 Å². The Balaban J connectivity index is 2.38. The van der Waals surface area contributed by atoms with E-state index in [-0.39, 0.29) is 5.91 Å². The number of nitriles is 1. The summed E-state index contributed by atoms with van der Waals surface area (Å²) in [6.07, 6.45) is -0.561. The van der Waals surface area contributed by atoms with E-state index in [4.69, 9.17) is 10.00 Å². The van der Waals surface area contributed by atoms with Gasteiger partial charge in [-0.15, -0.1) is 0 Å². The van der Waals surface area contributed by atoms with Gasteiger partial charge in [0.25, 0.3) is 5.91 Å². The van der Waals surface area contributed by atoms with Gasteiger partial charge in [0, 0.05) is 13.1 Å². The Labute approximate surface area is 126 Å². The second kappa shape index (κ2) is 8.98. The summed E-state index contributed by atoms with van der Waals surface area (Å²) in [5.74, 6) is 0.451. The van der Waals surface area contributed by atoms with Gasteiger partial charge >= 0.3 is 0 Å². The molecule has 5 nitrogen and oxygen atoms in total. The smallest absolute Gasteiger partial charge is 0.260 e. The fraction of sp³-hybridized carbons (Fsp3) is 0.500. The van der Waals surface area contributed by atoms with Crippen LogP contribution in [0.2, 0.25) is 0 Å². The highest BCUT2D eigenvalue weighted by atomic mass is 16.5. The van der Waals surface area contributed by atoms with E-state index in [2.05, 4.69) is 24.1 Å². The molecule has 5 heteroatoms. The third kappa shape index (κ3) is 5.84. The van der Waals surface area contributed by atoms with Gasteiger partial charge in [0.2, 0.25) is 0 Å². The van der Waals surface area contributed by atoms with Crippen molar-refractivity contribution in [2.24, 2.45) is 0 Å². The lowest BCUT2D eigenvalue weighted by atomic mass is 10.2. The number of amides is 1. The average Bonchev–Trinajstić information content (AvgIpc) is 2.52. The van der Waals surface area contributed by atoms with Gasteiger partial charge in [-0.25, -0.2) is 0 Å². The first-order chi connectivity index (χ1) is 10.1. The van der Waals surface area contributed by atoms with Crippen molar-refractivity contribution in [3.05, 3.63) is 29.8 Å². The maximum absolute atomic E-state index is 11.9. The van der Waals surface area contributed by atoms with Gasteiger partial charge in [0.1, 0.15) is 5.75 Å². The van der Waals surface area contributed by atoms with Crippen LogP contribution in [-0.4, -0.2) is 43.1 Å². The minimum atomic E-state index is -0.561. The molecule has 0 aliphatic rings. The summed E-state index contributed by atoms with van der Waals surface area (Å²) in [7, 11) is 0. The Morgan fingerprint density at radius 3 is 2.48 bits per heavy atom. The Hall–Kier alpha value is -2.06. The highest BCUT2D eigenvalue weighted by Gasteiger charge is 2.14. The SMILES string of the molecule is CCN(CC)CCNC(=O)C(C)Oc1ccc(C#N)cc1. The van der Waals surface area contributed by atoms with E-state index in [0.29, 0.717) is 17.9 Å². The molecule has 0 saturated carbocycles. The zero-order chi connectivity index (χ0) is 15.7. The molecule has 0 spiro atoms. The molecule has 0 fully saturated rings. The highest BCUT2D eigenvalue weighted by molar-refractivity contribution is 5.80. The molecule has 0 aliphatic heterocycles. The fourth-order valence-electron chi connectivity index (χ4n) is 1.89. The van der Waals surface area contributed by atoms with Crippen LogP contribution in [0.1, 0.15) is 26.3 Å². The molecule has 0 saturated heterocycles. The van der Waals surface area contributed by atoms with Crippen LogP contribution in [0, 0.1) is 11.3 Å². The first-order valence-electron chi connectivity index (χ1n) is 7.27. The summed E-state index contributed by atoms with van der Waals surface area (Å²) in [4.78, 5) is 14.2. The number of nitrogens with one attached hydrogen (secondary N) is 1. The number of likely N-dealkylation sites (N-methyl/N-ethyl adjacent to an activating group) is 1. The van der Waals surface area contributed by atoms with E-state index in [1.54, 1.807) is 31.2 Å². The largest absolute Gasteiger partial charge is 0.481 e. The van der Waals surface area contributed by atoms with Gasteiger partial charge in [0.15, 0.2) is 6.10 Å². The number of hydrogen-bond donors (Lipinski definition) is 1. The average molecular weight is 289 g/mol. The molecule has 1 amide bonds. The van der Waals surface area contributed by atoms with Crippen LogP contribution < -0.4 is 10.1 Å². The second-order valence-electron chi connectivity index (χ2n) is 4.71. The van der Waals surface area contributed by atoms with E-state index in [1.807, 2.05) is 6.07 Å². The molecule has 0 heterocycles. The molecule has 114 valence electrons. The zero-order valence-corrected chi connectivity index (χ0v) is 12.9. The summed E-state index contributed by atoms with van der Waals surface area (Å²) in [5, 5.41) is 11.6. The van der Waals surface area contributed by atoms with Crippen LogP contribution in [-0.2, 0) is 4.79 Å². The molecule has 1 atom stereocenters. The topological polar surface area (TPSA) is 65.4 Å². The van der Waals surface area contributed by atoms with Crippen molar-refractivity contribution >= 4 is 5.91 Å². The minimum absolute atomic E-state index is 0.133. The van der Waals surface area contributed by atoms with E-state index in [9.17, 15) is 4.79 Å². The molecule has 0 bridgehead atoms. The van der Waals surface area contributed by atoms with Crippen molar-refractivity contribution < 1.29 is 9.53 Å². The summed E-state index contributed by atoms with van der Waals surface area (Å²) in [5.41, 5.74) is 0.568. The number of carbonyl (C=O) groups excluding carboxylic acids is 1. The third-order valence-electron chi connectivity index (χ3n) is 3.29. The van der Waals surface area contributed by atoms with E-state index in [1.165, 1.54) is 0 Å². The summed E-state index contributed by atoms with van der Waals surface area (Å²) >= 11 is 0. The van der Waals surface area contributed by atoms with E-state index >= 15 is 0 Å². The molecule has 1 aromatic rings. The van der Waals surface area contributed by atoms with Crippen molar-refractivity contribution in [1.29, 1.82) is 5.26 Å². The normalized spacial score (nSPS) is 11.8. The summed E-state index contributed by atoms with van der Waals surface area (Å²) in [6.45, 7) is 9.31. The number of benzene rings is 1. The van der Waals surface area contributed by atoms with Crippen LogP contribution in [0.4, 0.5) is 0 Å². The van der Waals surface area contributed by atoms with Gasteiger partial charge in [-0.1, -0.05) is 13.8 Å². The first-order valence-corrected chi connectivity index (χ1v) is 7.27.